The summed E-state index contributed by atoms with van der Waals surface area (Å²) in [4.78, 5) is 11.5. The number of benzene rings is 1. The second-order valence-electron chi connectivity index (χ2n) is 3.01. The van der Waals surface area contributed by atoms with Crippen LogP contribution in [0.5, 0.6) is 0 Å². The normalized spacial score (nSPS) is 8.47. The van der Waals surface area contributed by atoms with Crippen molar-refractivity contribution in [2.45, 2.75) is 6.92 Å². The van der Waals surface area contributed by atoms with Crippen LogP contribution in [-0.4, -0.2) is 5.78 Å². The van der Waals surface area contributed by atoms with Crippen molar-refractivity contribution in [2.75, 3.05) is 0 Å². The molecule has 0 aliphatic rings. The first-order valence-corrected chi connectivity index (χ1v) is 4.30. The number of nitriles is 2. The maximum Gasteiger partial charge on any atom is 0.187 e. The van der Waals surface area contributed by atoms with Crippen molar-refractivity contribution in [3.05, 3.63) is 47.0 Å². The lowest BCUT2D eigenvalue weighted by Crippen LogP contribution is -1.95. The molecule has 0 aliphatic heterocycles. The molecule has 3 nitrogen and oxygen atoms in total. The molecule has 0 saturated heterocycles. The van der Waals surface area contributed by atoms with Gasteiger partial charge >= 0.3 is 0 Å². The van der Waals surface area contributed by atoms with Gasteiger partial charge in [0, 0.05) is 11.6 Å². The van der Waals surface area contributed by atoms with Crippen LogP contribution < -0.4 is 0 Å². The molecule has 0 aromatic heterocycles. The standard InChI is InChI=1S/C12H8N2O/c1-9-2-4-11(5-3-9)12(15)6-10(7-13)8-14/h2-6H,1H3. The summed E-state index contributed by atoms with van der Waals surface area (Å²) in [7, 11) is 0. The number of rotatable bonds is 2. The van der Waals surface area contributed by atoms with Gasteiger partial charge in [-0.25, -0.2) is 0 Å². The quantitative estimate of drug-likeness (QED) is 0.413. The summed E-state index contributed by atoms with van der Waals surface area (Å²) < 4.78 is 0. The Bertz CT molecular complexity index is 468. The number of hydrogen-bond acceptors (Lipinski definition) is 3. The highest BCUT2D eigenvalue weighted by molar-refractivity contribution is 6.05. The van der Waals surface area contributed by atoms with Crippen LogP contribution in [0.25, 0.3) is 0 Å². The Labute approximate surface area is 87.9 Å². The SMILES string of the molecule is Cc1ccc(C(=O)C=C(C#N)C#N)cc1. The van der Waals surface area contributed by atoms with E-state index in [-0.39, 0.29) is 11.4 Å². The molecule has 0 aliphatic carbocycles. The number of allylic oxidation sites excluding steroid dienone is 2. The second-order valence-corrected chi connectivity index (χ2v) is 3.01. The Morgan fingerprint density at radius 2 is 1.73 bits per heavy atom. The van der Waals surface area contributed by atoms with Crippen LogP contribution in [0.2, 0.25) is 0 Å². The fourth-order valence-electron chi connectivity index (χ4n) is 1.02. The number of hydrogen-bond donors (Lipinski definition) is 0. The third kappa shape index (κ3) is 2.79. The van der Waals surface area contributed by atoms with Crippen molar-refractivity contribution in [1.82, 2.24) is 0 Å². The van der Waals surface area contributed by atoms with Crippen LogP contribution in [0, 0.1) is 29.6 Å². The minimum atomic E-state index is -0.326. The lowest BCUT2D eigenvalue weighted by Gasteiger charge is -1.95. The topological polar surface area (TPSA) is 64.7 Å². The molecule has 1 aromatic carbocycles. The van der Waals surface area contributed by atoms with E-state index in [4.69, 9.17) is 10.5 Å². The van der Waals surface area contributed by atoms with Crippen LogP contribution in [0.15, 0.2) is 35.9 Å². The molecule has 0 radical (unpaired) electrons. The zero-order valence-electron chi connectivity index (χ0n) is 8.19. The van der Waals surface area contributed by atoms with Crippen LogP contribution in [0.4, 0.5) is 0 Å². The van der Waals surface area contributed by atoms with Gasteiger partial charge in [0.2, 0.25) is 0 Å². The fourth-order valence-corrected chi connectivity index (χ4v) is 1.02. The fraction of sp³-hybridized carbons (Fsp3) is 0.0833. The molecule has 0 saturated carbocycles. The van der Waals surface area contributed by atoms with Crippen molar-refractivity contribution < 1.29 is 4.79 Å². The van der Waals surface area contributed by atoms with Crippen molar-refractivity contribution in [2.24, 2.45) is 0 Å². The number of carbonyl (C=O) groups excluding carboxylic acids is 1. The minimum absolute atomic E-state index is 0.180. The van der Waals surface area contributed by atoms with Gasteiger partial charge in [-0.3, -0.25) is 4.79 Å². The largest absolute Gasteiger partial charge is 0.289 e. The van der Waals surface area contributed by atoms with E-state index in [0.717, 1.165) is 11.6 Å². The number of aryl methyl sites for hydroxylation is 1. The van der Waals surface area contributed by atoms with Crippen LogP contribution in [-0.2, 0) is 0 Å². The molecule has 3 heteroatoms. The molecule has 15 heavy (non-hydrogen) atoms. The summed E-state index contributed by atoms with van der Waals surface area (Å²) in [5.41, 5.74) is 1.35. The van der Waals surface area contributed by atoms with E-state index in [2.05, 4.69) is 0 Å². The minimum Gasteiger partial charge on any atom is -0.289 e. The highest BCUT2D eigenvalue weighted by Gasteiger charge is 2.03. The molecule has 0 fully saturated rings. The molecule has 1 rings (SSSR count). The summed E-state index contributed by atoms with van der Waals surface area (Å²) >= 11 is 0. The van der Waals surface area contributed by atoms with Gasteiger partial charge in [-0.15, -0.1) is 0 Å². The van der Waals surface area contributed by atoms with E-state index < -0.39 is 0 Å². The molecular weight excluding hydrogens is 188 g/mol. The maximum atomic E-state index is 11.5. The first kappa shape index (κ1) is 10.7. The highest BCUT2D eigenvalue weighted by atomic mass is 16.1. The molecule has 0 unspecified atom stereocenters. The van der Waals surface area contributed by atoms with Crippen molar-refractivity contribution >= 4 is 5.78 Å². The Hall–Kier alpha value is -2.39. The molecular formula is C12H8N2O. The third-order valence-electron chi connectivity index (χ3n) is 1.85. The van der Waals surface area contributed by atoms with Gasteiger partial charge in [-0.1, -0.05) is 29.8 Å². The zero-order valence-corrected chi connectivity index (χ0v) is 8.19. The maximum absolute atomic E-state index is 11.5. The first-order chi connectivity index (χ1) is 7.17. The summed E-state index contributed by atoms with van der Waals surface area (Å²) in [6.07, 6.45) is 1.05. The van der Waals surface area contributed by atoms with Gasteiger partial charge < -0.3 is 0 Å². The Kier molecular flexibility index (Phi) is 3.38. The Balaban J connectivity index is 2.98. The Morgan fingerprint density at radius 3 is 2.20 bits per heavy atom. The van der Waals surface area contributed by atoms with E-state index >= 15 is 0 Å². The van der Waals surface area contributed by atoms with Crippen molar-refractivity contribution in [3.63, 3.8) is 0 Å². The molecule has 0 amide bonds. The summed E-state index contributed by atoms with van der Waals surface area (Å²) in [5.74, 6) is -0.326. The lowest BCUT2D eigenvalue weighted by molar-refractivity contribution is 0.104. The van der Waals surface area contributed by atoms with E-state index in [0.29, 0.717) is 5.56 Å². The number of ketones is 1. The highest BCUT2D eigenvalue weighted by Crippen LogP contribution is 2.05. The zero-order chi connectivity index (χ0) is 11.3. The number of nitrogens with zero attached hydrogens (tertiary/aromatic N) is 2. The van der Waals surface area contributed by atoms with Gasteiger partial charge in [-0.05, 0) is 6.92 Å². The van der Waals surface area contributed by atoms with Gasteiger partial charge in [0.1, 0.15) is 17.7 Å². The first-order valence-electron chi connectivity index (χ1n) is 4.30. The molecule has 72 valence electrons. The van der Waals surface area contributed by atoms with Gasteiger partial charge in [0.25, 0.3) is 0 Å². The van der Waals surface area contributed by atoms with E-state index in [9.17, 15) is 4.79 Å². The predicted molar refractivity (Wildman–Crippen MR) is 54.8 cm³/mol. The number of carbonyl (C=O) groups is 1. The summed E-state index contributed by atoms with van der Waals surface area (Å²) in [6.45, 7) is 1.92. The average Bonchev–Trinajstić information content (AvgIpc) is 2.26. The van der Waals surface area contributed by atoms with E-state index in [1.165, 1.54) is 0 Å². The molecule has 0 bridgehead atoms. The predicted octanol–water partition coefficient (Wildman–Crippen LogP) is 2.15. The van der Waals surface area contributed by atoms with Gasteiger partial charge in [0.05, 0.1) is 0 Å². The Morgan fingerprint density at radius 1 is 1.20 bits per heavy atom. The summed E-state index contributed by atoms with van der Waals surface area (Å²) in [6, 6.07) is 10.2. The molecule has 1 aromatic rings. The molecule has 0 spiro atoms. The monoisotopic (exact) mass is 196 g/mol. The van der Waals surface area contributed by atoms with Crippen LogP contribution in [0.3, 0.4) is 0 Å². The second kappa shape index (κ2) is 4.74. The van der Waals surface area contributed by atoms with Crippen LogP contribution >= 0.6 is 0 Å². The van der Waals surface area contributed by atoms with Crippen molar-refractivity contribution in [3.8, 4) is 12.1 Å². The summed E-state index contributed by atoms with van der Waals surface area (Å²) in [5, 5.41) is 16.9. The lowest BCUT2D eigenvalue weighted by atomic mass is 10.1. The average molecular weight is 196 g/mol. The van der Waals surface area contributed by atoms with E-state index in [1.54, 1.807) is 36.4 Å². The third-order valence-corrected chi connectivity index (χ3v) is 1.85. The van der Waals surface area contributed by atoms with Gasteiger partial charge in [0.15, 0.2) is 5.78 Å². The van der Waals surface area contributed by atoms with E-state index in [1.807, 2.05) is 6.92 Å². The van der Waals surface area contributed by atoms with Crippen LogP contribution in [0.1, 0.15) is 15.9 Å². The molecule has 0 N–H and O–H groups in total. The molecule has 0 heterocycles. The van der Waals surface area contributed by atoms with Crippen molar-refractivity contribution in [1.29, 1.82) is 10.5 Å². The van der Waals surface area contributed by atoms with Gasteiger partial charge in [-0.2, -0.15) is 10.5 Å². The molecule has 0 atom stereocenters. The smallest absolute Gasteiger partial charge is 0.187 e.